The predicted molar refractivity (Wildman–Crippen MR) is 60.4 cm³/mol. The molecular formula is C8H5BrClN5O. The second-order valence-corrected chi connectivity index (χ2v) is 3.96. The monoisotopic (exact) mass is 301 g/mol. The van der Waals surface area contributed by atoms with Crippen LogP contribution in [0.5, 0.6) is 0 Å². The number of rotatable bonds is 2. The van der Waals surface area contributed by atoms with Crippen LogP contribution in [0.3, 0.4) is 0 Å². The first-order valence-corrected chi connectivity index (χ1v) is 5.28. The Balaban J connectivity index is 2.50. The maximum absolute atomic E-state index is 10.9. The first-order chi connectivity index (χ1) is 7.59. The van der Waals surface area contributed by atoms with Crippen LogP contribution in [0.4, 0.5) is 0 Å². The van der Waals surface area contributed by atoms with E-state index in [1.54, 1.807) is 6.20 Å². The van der Waals surface area contributed by atoms with Crippen molar-refractivity contribution in [3.8, 4) is 5.82 Å². The van der Waals surface area contributed by atoms with Crippen LogP contribution in [0, 0.1) is 0 Å². The number of primary amides is 1. The first-order valence-electron chi connectivity index (χ1n) is 4.11. The molecule has 0 saturated heterocycles. The minimum atomic E-state index is -0.602. The summed E-state index contributed by atoms with van der Waals surface area (Å²) in [4.78, 5) is 18.6. The maximum atomic E-state index is 10.9. The molecule has 0 unspecified atom stereocenters. The fraction of sp³-hybridized carbons (Fsp3) is 0. The minimum absolute atomic E-state index is 0.154. The summed E-state index contributed by atoms with van der Waals surface area (Å²) < 4.78 is 1.88. The van der Waals surface area contributed by atoms with E-state index in [2.05, 4.69) is 31.0 Å². The van der Waals surface area contributed by atoms with Crippen LogP contribution in [0.25, 0.3) is 5.82 Å². The van der Waals surface area contributed by atoms with Crippen molar-refractivity contribution in [3.05, 3.63) is 33.9 Å². The van der Waals surface area contributed by atoms with Crippen molar-refractivity contribution in [1.29, 1.82) is 0 Å². The smallest absolute Gasteiger partial charge is 0.269 e. The molecule has 2 rings (SSSR count). The van der Waals surface area contributed by atoms with E-state index in [0.717, 1.165) is 0 Å². The van der Waals surface area contributed by atoms with E-state index >= 15 is 0 Å². The summed E-state index contributed by atoms with van der Waals surface area (Å²) in [5.41, 5.74) is 5.24. The Bertz CT molecular complexity index is 555. The Morgan fingerprint density at radius 1 is 1.50 bits per heavy atom. The topological polar surface area (TPSA) is 86.7 Å². The summed E-state index contributed by atoms with van der Waals surface area (Å²) in [5.74, 6) is -0.164. The van der Waals surface area contributed by atoms with E-state index in [4.69, 9.17) is 17.3 Å². The van der Waals surface area contributed by atoms with E-state index in [-0.39, 0.29) is 10.8 Å². The Kier molecular flexibility index (Phi) is 2.88. The average Bonchev–Trinajstić information content (AvgIpc) is 2.71. The molecular weight excluding hydrogens is 297 g/mol. The van der Waals surface area contributed by atoms with Crippen LogP contribution in [0.2, 0.25) is 5.15 Å². The highest BCUT2D eigenvalue weighted by atomic mass is 79.9. The predicted octanol–water partition coefficient (Wildman–Crippen LogP) is 1.18. The molecule has 2 aromatic rings. The third-order valence-corrected chi connectivity index (χ3v) is 3.03. The lowest BCUT2D eigenvalue weighted by molar-refractivity contribution is 0.0995. The molecule has 0 aliphatic heterocycles. The van der Waals surface area contributed by atoms with Gasteiger partial charge in [-0.2, -0.15) is 5.10 Å². The molecule has 0 atom stereocenters. The highest BCUT2D eigenvalue weighted by molar-refractivity contribution is 9.10. The largest absolute Gasteiger partial charge is 0.364 e. The quantitative estimate of drug-likeness (QED) is 0.844. The molecule has 0 fully saturated rings. The van der Waals surface area contributed by atoms with Crippen molar-refractivity contribution < 1.29 is 4.79 Å². The molecule has 16 heavy (non-hydrogen) atoms. The number of carbonyl (C=O) groups excluding carboxylic acids is 1. The number of hydrogen-bond acceptors (Lipinski definition) is 4. The standard InChI is InChI=1S/C8H5BrClN5O/c9-5-6(10)12-3-13-8(5)15-2-1-4(14-15)7(11)16/h1-3H,(H2,11,16). The molecule has 2 N–H and O–H groups in total. The highest BCUT2D eigenvalue weighted by Crippen LogP contribution is 2.24. The van der Waals surface area contributed by atoms with Gasteiger partial charge in [-0.3, -0.25) is 4.79 Å². The fourth-order valence-corrected chi connectivity index (χ4v) is 1.59. The zero-order chi connectivity index (χ0) is 11.7. The Hall–Kier alpha value is -1.47. The molecule has 2 aromatic heterocycles. The van der Waals surface area contributed by atoms with E-state index in [0.29, 0.717) is 10.3 Å². The van der Waals surface area contributed by atoms with Gasteiger partial charge in [-0.05, 0) is 22.0 Å². The van der Waals surface area contributed by atoms with Gasteiger partial charge in [0, 0.05) is 6.20 Å². The molecule has 0 spiro atoms. The van der Waals surface area contributed by atoms with Crippen LogP contribution < -0.4 is 5.73 Å². The van der Waals surface area contributed by atoms with E-state index in [1.807, 2.05) is 0 Å². The number of nitrogens with zero attached hydrogens (tertiary/aromatic N) is 4. The van der Waals surface area contributed by atoms with Gasteiger partial charge in [-0.25, -0.2) is 14.6 Å². The van der Waals surface area contributed by atoms with Crippen LogP contribution in [0.15, 0.2) is 23.1 Å². The van der Waals surface area contributed by atoms with Crippen molar-refractivity contribution >= 4 is 33.4 Å². The lowest BCUT2D eigenvalue weighted by atomic mass is 10.4. The second kappa shape index (κ2) is 4.18. The van der Waals surface area contributed by atoms with Gasteiger partial charge in [-0.15, -0.1) is 0 Å². The lowest BCUT2D eigenvalue weighted by Crippen LogP contribution is -2.12. The average molecular weight is 303 g/mol. The van der Waals surface area contributed by atoms with Gasteiger partial charge >= 0.3 is 0 Å². The molecule has 0 radical (unpaired) electrons. The Labute approximate surface area is 104 Å². The Morgan fingerprint density at radius 3 is 2.88 bits per heavy atom. The molecule has 82 valence electrons. The SMILES string of the molecule is NC(=O)c1ccn(-c2ncnc(Cl)c2Br)n1. The molecule has 0 aromatic carbocycles. The maximum Gasteiger partial charge on any atom is 0.269 e. The highest BCUT2D eigenvalue weighted by Gasteiger charge is 2.11. The second-order valence-electron chi connectivity index (χ2n) is 2.81. The van der Waals surface area contributed by atoms with Crippen LogP contribution >= 0.6 is 27.5 Å². The lowest BCUT2D eigenvalue weighted by Gasteiger charge is -2.02. The Morgan fingerprint density at radius 2 is 2.25 bits per heavy atom. The zero-order valence-electron chi connectivity index (χ0n) is 7.76. The number of carbonyl (C=O) groups is 1. The fourth-order valence-electron chi connectivity index (χ4n) is 1.07. The van der Waals surface area contributed by atoms with Gasteiger partial charge in [-0.1, -0.05) is 11.6 Å². The van der Waals surface area contributed by atoms with Crippen molar-refractivity contribution in [1.82, 2.24) is 19.7 Å². The van der Waals surface area contributed by atoms with Crippen molar-refractivity contribution in [3.63, 3.8) is 0 Å². The first kappa shape index (κ1) is 11.0. The van der Waals surface area contributed by atoms with Crippen molar-refractivity contribution in [2.24, 2.45) is 5.73 Å². The number of hydrogen-bond donors (Lipinski definition) is 1. The molecule has 0 aliphatic rings. The third kappa shape index (κ3) is 1.91. The van der Waals surface area contributed by atoms with Gasteiger partial charge < -0.3 is 5.73 Å². The third-order valence-electron chi connectivity index (χ3n) is 1.79. The van der Waals surface area contributed by atoms with Crippen LogP contribution in [-0.4, -0.2) is 25.7 Å². The van der Waals surface area contributed by atoms with Crippen molar-refractivity contribution in [2.45, 2.75) is 0 Å². The van der Waals surface area contributed by atoms with Crippen molar-refractivity contribution in [2.75, 3.05) is 0 Å². The van der Waals surface area contributed by atoms with Gasteiger partial charge in [0.2, 0.25) is 0 Å². The van der Waals surface area contributed by atoms with Gasteiger partial charge in [0.1, 0.15) is 17.2 Å². The molecule has 8 heteroatoms. The number of amides is 1. The molecule has 0 aliphatic carbocycles. The summed E-state index contributed by atoms with van der Waals surface area (Å²) in [7, 11) is 0. The molecule has 0 bridgehead atoms. The van der Waals surface area contributed by atoms with Gasteiger partial charge in [0.25, 0.3) is 5.91 Å². The number of halogens is 2. The normalized spacial score (nSPS) is 10.4. The van der Waals surface area contributed by atoms with E-state index in [9.17, 15) is 4.79 Å². The number of nitrogens with two attached hydrogens (primary N) is 1. The zero-order valence-corrected chi connectivity index (χ0v) is 10.1. The minimum Gasteiger partial charge on any atom is -0.364 e. The van der Waals surface area contributed by atoms with Gasteiger partial charge in [0.05, 0.1) is 4.47 Å². The van der Waals surface area contributed by atoms with Crippen LogP contribution in [0.1, 0.15) is 10.5 Å². The van der Waals surface area contributed by atoms with Crippen LogP contribution in [-0.2, 0) is 0 Å². The summed E-state index contributed by atoms with van der Waals surface area (Å²) in [6, 6.07) is 1.49. The van der Waals surface area contributed by atoms with E-state index < -0.39 is 5.91 Å². The van der Waals surface area contributed by atoms with Gasteiger partial charge in [0.15, 0.2) is 5.82 Å². The summed E-state index contributed by atoms with van der Waals surface area (Å²) in [6.07, 6.45) is 2.86. The number of aromatic nitrogens is 4. The molecule has 6 nitrogen and oxygen atoms in total. The summed E-state index contributed by atoms with van der Waals surface area (Å²) in [6.45, 7) is 0. The summed E-state index contributed by atoms with van der Waals surface area (Å²) in [5, 5.41) is 4.21. The summed E-state index contributed by atoms with van der Waals surface area (Å²) >= 11 is 9.03. The molecule has 0 saturated carbocycles. The molecule has 2 heterocycles. The molecule has 1 amide bonds. The van der Waals surface area contributed by atoms with E-state index in [1.165, 1.54) is 17.1 Å².